The van der Waals surface area contributed by atoms with E-state index < -0.39 is 5.91 Å². The van der Waals surface area contributed by atoms with Crippen molar-refractivity contribution in [1.82, 2.24) is 5.43 Å². The van der Waals surface area contributed by atoms with Gasteiger partial charge in [0.2, 0.25) is 0 Å². The average molecular weight is 325 g/mol. The molecule has 6 heteroatoms. The number of carbonyl (C=O) groups is 1. The number of hydrogen-bond donors (Lipinski definition) is 2. The van der Waals surface area contributed by atoms with Gasteiger partial charge in [-0.3, -0.25) is 10.2 Å². The van der Waals surface area contributed by atoms with Crippen molar-refractivity contribution in [3.05, 3.63) is 51.9 Å². The first-order valence-corrected chi connectivity index (χ1v) is 6.38. The molecular formula is C13H13BrN2O3. The van der Waals surface area contributed by atoms with E-state index in [4.69, 9.17) is 15.0 Å². The lowest BCUT2D eigenvalue weighted by Gasteiger charge is -2.05. The summed E-state index contributed by atoms with van der Waals surface area (Å²) in [6.45, 7) is 2.01. The molecule has 2 aromatic rings. The molecule has 100 valence electrons. The first kappa shape index (κ1) is 13.6. The summed E-state index contributed by atoms with van der Waals surface area (Å²) in [6, 6.07) is 9.25. The molecule has 5 nitrogen and oxygen atoms in total. The fourth-order valence-corrected chi connectivity index (χ4v) is 2.02. The van der Waals surface area contributed by atoms with Crippen molar-refractivity contribution in [3.8, 4) is 5.75 Å². The maximum Gasteiger partial charge on any atom is 0.301 e. The molecule has 2 rings (SSSR count). The van der Waals surface area contributed by atoms with Gasteiger partial charge in [-0.2, -0.15) is 0 Å². The van der Waals surface area contributed by atoms with Crippen molar-refractivity contribution in [2.45, 2.75) is 13.5 Å². The summed E-state index contributed by atoms with van der Waals surface area (Å²) in [6.07, 6.45) is 0. The highest BCUT2D eigenvalue weighted by Crippen LogP contribution is 2.25. The molecule has 0 radical (unpaired) electrons. The Balaban J connectivity index is 2.09. The minimum Gasteiger partial charge on any atom is -0.484 e. The smallest absolute Gasteiger partial charge is 0.301 e. The Morgan fingerprint density at radius 1 is 1.47 bits per heavy atom. The number of halogens is 1. The third-order valence-electron chi connectivity index (χ3n) is 2.51. The largest absolute Gasteiger partial charge is 0.484 e. The van der Waals surface area contributed by atoms with Gasteiger partial charge in [-0.1, -0.05) is 12.1 Å². The second kappa shape index (κ2) is 5.90. The van der Waals surface area contributed by atoms with Crippen LogP contribution in [0, 0.1) is 6.92 Å². The highest BCUT2D eigenvalue weighted by atomic mass is 79.9. The molecule has 0 fully saturated rings. The van der Waals surface area contributed by atoms with Crippen molar-refractivity contribution in [2.75, 3.05) is 0 Å². The summed E-state index contributed by atoms with van der Waals surface area (Å²) in [7, 11) is 0. The first-order valence-electron chi connectivity index (χ1n) is 5.59. The van der Waals surface area contributed by atoms with E-state index in [2.05, 4.69) is 15.9 Å². The minimum atomic E-state index is -0.454. The minimum absolute atomic E-state index is 0.202. The number of para-hydroxylation sites is 1. The van der Waals surface area contributed by atoms with Crippen LogP contribution in [0.1, 0.15) is 21.9 Å². The standard InChI is InChI=1S/C13H13BrN2O3/c1-8-6-9(19-12(8)13(17)16-15)7-18-11-5-3-2-4-10(11)14/h2-6H,7,15H2,1H3,(H,16,17). The van der Waals surface area contributed by atoms with Gasteiger partial charge < -0.3 is 9.15 Å². The summed E-state index contributed by atoms with van der Waals surface area (Å²) in [4.78, 5) is 11.4. The van der Waals surface area contributed by atoms with Gasteiger partial charge in [0.05, 0.1) is 4.47 Å². The Morgan fingerprint density at radius 2 is 2.21 bits per heavy atom. The number of amides is 1. The van der Waals surface area contributed by atoms with E-state index in [1.807, 2.05) is 29.7 Å². The van der Waals surface area contributed by atoms with Gasteiger partial charge in [-0.05, 0) is 41.1 Å². The number of furan rings is 1. The number of carbonyl (C=O) groups excluding carboxylic acids is 1. The Kier molecular flexibility index (Phi) is 4.24. The van der Waals surface area contributed by atoms with Gasteiger partial charge in [-0.15, -0.1) is 0 Å². The zero-order valence-corrected chi connectivity index (χ0v) is 11.9. The highest BCUT2D eigenvalue weighted by Gasteiger charge is 2.15. The van der Waals surface area contributed by atoms with Crippen LogP contribution in [0.25, 0.3) is 0 Å². The molecule has 0 saturated heterocycles. The number of ether oxygens (including phenoxy) is 1. The zero-order valence-electron chi connectivity index (χ0n) is 10.3. The summed E-state index contributed by atoms with van der Waals surface area (Å²) in [5.74, 6) is 6.09. The molecule has 1 heterocycles. The monoisotopic (exact) mass is 324 g/mol. The SMILES string of the molecule is Cc1cc(COc2ccccc2Br)oc1C(=O)NN. The number of hydrazine groups is 1. The van der Waals surface area contributed by atoms with Crippen LogP contribution < -0.4 is 16.0 Å². The van der Waals surface area contributed by atoms with Crippen LogP contribution in [0.4, 0.5) is 0 Å². The zero-order chi connectivity index (χ0) is 13.8. The molecule has 0 atom stereocenters. The average Bonchev–Trinajstić information content (AvgIpc) is 2.78. The van der Waals surface area contributed by atoms with E-state index in [9.17, 15) is 4.79 Å². The highest BCUT2D eigenvalue weighted by molar-refractivity contribution is 9.10. The van der Waals surface area contributed by atoms with Crippen molar-refractivity contribution in [3.63, 3.8) is 0 Å². The van der Waals surface area contributed by atoms with Gasteiger partial charge in [0, 0.05) is 5.56 Å². The van der Waals surface area contributed by atoms with Gasteiger partial charge >= 0.3 is 5.91 Å². The maximum atomic E-state index is 11.4. The molecule has 0 aliphatic carbocycles. The molecule has 0 aliphatic heterocycles. The lowest BCUT2D eigenvalue weighted by atomic mass is 10.2. The second-order valence-electron chi connectivity index (χ2n) is 3.92. The maximum absolute atomic E-state index is 11.4. The number of nitrogens with one attached hydrogen (secondary N) is 1. The summed E-state index contributed by atoms with van der Waals surface area (Å²) in [5.41, 5.74) is 2.75. The molecule has 19 heavy (non-hydrogen) atoms. The van der Waals surface area contributed by atoms with Gasteiger partial charge in [0.25, 0.3) is 0 Å². The predicted molar refractivity (Wildman–Crippen MR) is 73.6 cm³/mol. The molecular weight excluding hydrogens is 312 g/mol. The molecule has 0 spiro atoms. The number of nitrogen functional groups attached to an aromatic ring is 1. The lowest BCUT2D eigenvalue weighted by molar-refractivity contribution is 0.0921. The second-order valence-corrected chi connectivity index (χ2v) is 4.77. The summed E-state index contributed by atoms with van der Waals surface area (Å²) in [5, 5.41) is 0. The van der Waals surface area contributed by atoms with Crippen LogP contribution >= 0.6 is 15.9 Å². The van der Waals surface area contributed by atoms with E-state index in [0.29, 0.717) is 17.1 Å². The van der Waals surface area contributed by atoms with Crippen molar-refractivity contribution >= 4 is 21.8 Å². The molecule has 1 aromatic heterocycles. The topological polar surface area (TPSA) is 77.5 Å². The van der Waals surface area contributed by atoms with Crippen LogP contribution in [0.15, 0.2) is 39.2 Å². The normalized spacial score (nSPS) is 10.3. The third-order valence-corrected chi connectivity index (χ3v) is 3.17. The van der Waals surface area contributed by atoms with Gasteiger partial charge in [0.15, 0.2) is 5.76 Å². The lowest BCUT2D eigenvalue weighted by Crippen LogP contribution is -2.30. The number of benzene rings is 1. The first-order chi connectivity index (χ1) is 9.11. The molecule has 0 unspecified atom stereocenters. The van der Waals surface area contributed by atoms with E-state index in [1.54, 1.807) is 13.0 Å². The fraction of sp³-hybridized carbons (Fsp3) is 0.154. The van der Waals surface area contributed by atoms with Crippen LogP contribution in [0.3, 0.4) is 0 Å². The van der Waals surface area contributed by atoms with Crippen LogP contribution in [0.5, 0.6) is 5.75 Å². The Morgan fingerprint density at radius 3 is 2.89 bits per heavy atom. The van der Waals surface area contributed by atoms with Gasteiger partial charge in [0.1, 0.15) is 18.1 Å². The molecule has 3 N–H and O–H groups in total. The fourth-order valence-electron chi connectivity index (χ4n) is 1.62. The van der Waals surface area contributed by atoms with Gasteiger partial charge in [-0.25, -0.2) is 5.84 Å². The number of hydrogen-bond acceptors (Lipinski definition) is 4. The van der Waals surface area contributed by atoms with Crippen LogP contribution in [0.2, 0.25) is 0 Å². The Labute approximate surface area is 118 Å². The van der Waals surface area contributed by atoms with Crippen molar-refractivity contribution in [2.24, 2.45) is 5.84 Å². The van der Waals surface area contributed by atoms with E-state index in [0.717, 1.165) is 4.47 Å². The number of rotatable bonds is 4. The summed E-state index contributed by atoms with van der Waals surface area (Å²) < 4.78 is 11.9. The van der Waals surface area contributed by atoms with Crippen LogP contribution in [-0.2, 0) is 6.61 Å². The molecule has 0 bridgehead atoms. The Hall–Kier alpha value is -1.79. The van der Waals surface area contributed by atoms with Crippen molar-refractivity contribution < 1.29 is 13.9 Å². The third kappa shape index (κ3) is 3.15. The molecule has 0 aliphatic rings. The summed E-state index contributed by atoms with van der Waals surface area (Å²) >= 11 is 3.39. The Bertz CT molecular complexity index is 595. The number of aryl methyl sites for hydroxylation is 1. The predicted octanol–water partition coefficient (Wildman–Crippen LogP) is 2.53. The van der Waals surface area contributed by atoms with E-state index >= 15 is 0 Å². The van der Waals surface area contributed by atoms with Crippen LogP contribution in [-0.4, -0.2) is 5.91 Å². The quantitative estimate of drug-likeness (QED) is 0.514. The van der Waals surface area contributed by atoms with E-state index in [1.165, 1.54) is 0 Å². The molecule has 0 saturated carbocycles. The van der Waals surface area contributed by atoms with Crippen molar-refractivity contribution in [1.29, 1.82) is 0 Å². The molecule has 1 aromatic carbocycles. The molecule has 1 amide bonds. The van der Waals surface area contributed by atoms with E-state index in [-0.39, 0.29) is 12.4 Å². The number of nitrogens with two attached hydrogens (primary N) is 1.